The van der Waals surface area contributed by atoms with Gasteiger partial charge in [-0.25, -0.2) is 9.53 Å². The van der Waals surface area contributed by atoms with Gasteiger partial charge in [-0.2, -0.15) is 12.7 Å². The predicted molar refractivity (Wildman–Crippen MR) is 84.1 cm³/mol. The number of rotatable bonds is 4. The molecular formula is C14H21FN4O3S. The van der Waals surface area contributed by atoms with E-state index < -0.39 is 22.1 Å². The van der Waals surface area contributed by atoms with Crippen molar-refractivity contribution in [2.75, 3.05) is 40.3 Å². The lowest BCUT2D eigenvalue weighted by Crippen LogP contribution is -2.54. The maximum absolute atomic E-state index is 14.0. The number of carbonyl (C=O) groups excluding carboxylic acids is 1. The number of piperazine rings is 1. The highest BCUT2D eigenvalue weighted by molar-refractivity contribution is 7.86. The normalized spacial score (nSPS) is 18.2. The average Bonchev–Trinajstić information content (AvgIpc) is 2.48. The monoisotopic (exact) mass is 344 g/mol. The van der Waals surface area contributed by atoms with Gasteiger partial charge in [-0.1, -0.05) is 18.2 Å². The Morgan fingerprint density at radius 2 is 1.78 bits per heavy atom. The number of amides is 1. The molecule has 1 aliphatic heterocycles. The summed E-state index contributed by atoms with van der Waals surface area (Å²) in [6, 6.07) is 5.40. The van der Waals surface area contributed by atoms with E-state index in [1.54, 1.807) is 42.1 Å². The highest BCUT2D eigenvalue weighted by Gasteiger charge is 2.33. The summed E-state index contributed by atoms with van der Waals surface area (Å²) in [6.07, 6.45) is 0. The Kier molecular flexibility index (Phi) is 5.35. The fraction of sp³-hybridized carbons (Fsp3) is 0.500. The van der Waals surface area contributed by atoms with Crippen molar-refractivity contribution in [1.29, 1.82) is 0 Å². The SMILES string of the molecule is CN(C)[C@@H](C(=O)N1CCN(S(N)(=O)=O)CC1)c1ccccc1F. The molecule has 0 bridgehead atoms. The molecular weight excluding hydrogens is 323 g/mol. The second-order valence-corrected chi connectivity index (χ2v) is 7.20. The Morgan fingerprint density at radius 3 is 2.26 bits per heavy atom. The smallest absolute Gasteiger partial charge is 0.277 e. The van der Waals surface area contributed by atoms with Crippen LogP contribution in [0.5, 0.6) is 0 Å². The molecule has 2 N–H and O–H groups in total. The van der Waals surface area contributed by atoms with Crippen molar-refractivity contribution in [3.05, 3.63) is 35.6 Å². The van der Waals surface area contributed by atoms with E-state index >= 15 is 0 Å². The third-order valence-corrected chi connectivity index (χ3v) is 4.95. The number of nitrogens with two attached hydrogens (primary N) is 1. The van der Waals surface area contributed by atoms with Gasteiger partial charge in [-0.3, -0.25) is 9.69 Å². The van der Waals surface area contributed by atoms with Crippen LogP contribution in [-0.4, -0.2) is 68.7 Å². The van der Waals surface area contributed by atoms with E-state index in [1.807, 2.05) is 0 Å². The van der Waals surface area contributed by atoms with Gasteiger partial charge in [0.15, 0.2) is 0 Å². The van der Waals surface area contributed by atoms with Crippen LogP contribution in [0.15, 0.2) is 24.3 Å². The first-order valence-corrected chi connectivity index (χ1v) is 8.69. The maximum Gasteiger partial charge on any atom is 0.277 e. The minimum Gasteiger partial charge on any atom is -0.338 e. The molecule has 128 valence electrons. The van der Waals surface area contributed by atoms with Crippen molar-refractivity contribution in [3.8, 4) is 0 Å². The van der Waals surface area contributed by atoms with Gasteiger partial charge in [0.1, 0.15) is 11.9 Å². The number of likely N-dealkylation sites (N-methyl/N-ethyl adjacent to an activating group) is 1. The predicted octanol–water partition coefficient (Wildman–Crippen LogP) is -0.224. The van der Waals surface area contributed by atoms with Crippen LogP contribution in [0.25, 0.3) is 0 Å². The molecule has 0 saturated carbocycles. The quantitative estimate of drug-likeness (QED) is 0.818. The zero-order valence-corrected chi connectivity index (χ0v) is 14.0. The zero-order valence-electron chi connectivity index (χ0n) is 13.1. The molecule has 0 aliphatic carbocycles. The lowest BCUT2D eigenvalue weighted by atomic mass is 10.0. The largest absolute Gasteiger partial charge is 0.338 e. The number of hydrogen-bond acceptors (Lipinski definition) is 4. The first kappa shape index (κ1) is 17.8. The van der Waals surface area contributed by atoms with Gasteiger partial charge in [0.25, 0.3) is 10.2 Å². The van der Waals surface area contributed by atoms with Gasteiger partial charge in [-0.15, -0.1) is 0 Å². The third kappa shape index (κ3) is 4.05. The highest BCUT2D eigenvalue weighted by Crippen LogP contribution is 2.24. The molecule has 1 aromatic rings. The van der Waals surface area contributed by atoms with Crippen molar-refractivity contribution in [2.45, 2.75) is 6.04 Å². The summed E-state index contributed by atoms with van der Waals surface area (Å²) in [7, 11) is -0.338. The van der Waals surface area contributed by atoms with E-state index in [0.29, 0.717) is 5.56 Å². The fourth-order valence-electron chi connectivity index (χ4n) is 2.66. The number of carbonyl (C=O) groups is 1. The second-order valence-electron chi connectivity index (χ2n) is 5.66. The summed E-state index contributed by atoms with van der Waals surface area (Å²) in [5.74, 6) is -0.697. The van der Waals surface area contributed by atoms with Crippen molar-refractivity contribution < 1.29 is 17.6 Å². The van der Waals surface area contributed by atoms with Crippen molar-refractivity contribution >= 4 is 16.1 Å². The Bertz CT molecular complexity index is 672. The minimum atomic E-state index is -3.75. The lowest BCUT2D eigenvalue weighted by Gasteiger charge is -2.36. The van der Waals surface area contributed by atoms with E-state index in [-0.39, 0.29) is 32.1 Å². The summed E-state index contributed by atoms with van der Waals surface area (Å²) in [4.78, 5) is 16.0. The Hall–Kier alpha value is -1.55. The van der Waals surface area contributed by atoms with E-state index in [4.69, 9.17) is 5.14 Å². The zero-order chi connectivity index (χ0) is 17.2. The van der Waals surface area contributed by atoms with Gasteiger partial charge < -0.3 is 4.90 Å². The summed E-state index contributed by atoms with van der Waals surface area (Å²) in [5, 5.41) is 5.09. The van der Waals surface area contributed by atoms with Crippen molar-refractivity contribution in [2.24, 2.45) is 5.14 Å². The Balaban J connectivity index is 2.16. The molecule has 1 amide bonds. The number of hydrogen-bond donors (Lipinski definition) is 1. The Labute approximate surface area is 135 Å². The van der Waals surface area contributed by atoms with Crippen molar-refractivity contribution in [3.63, 3.8) is 0 Å². The standard InChI is InChI=1S/C14H21FN4O3S/c1-17(2)13(11-5-3-4-6-12(11)15)14(20)18-7-9-19(10-8-18)23(16,21)22/h3-6,13H,7-10H2,1-2H3,(H2,16,21,22)/t13-/m1/s1. The van der Waals surface area contributed by atoms with Gasteiger partial charge in [-0.05, 0) is 20.2 Å². The molecule has 1 saturated heterocycles. The summed E-state index contributed by atoms with van der Waals surface area (Å²) >= 11 is 0. The fourth-order valence-corrected chi connectivity index (χ4v) is 3.34. The van der Waals surface area contributed by atoms with E-state index in [9.17, 15) is 17.6 Å². The molecule has 1 atom stereocenters. The first-order valence-electron chi connectivity index (χ1n) is 7.19. The minimum absolute atomic E-state index is 0.141. The van der Waals surface area contributed by atoms with Crippen LogP contribution < -0.4 is 5.14 Å². The van der Waals surface area contributed by atoms with Gasteiger partial charge >= 0.3 is 0 Å². The summed E-state index contributed by atoms with van der Waals surface area (Å²) in [6.45, 7) is 0.742. The molecule has 9 heteroatoms. The summed E-state index contributed by atoms with van der Waals surface area (Å²) in [5.41, 5.74) is 0.302. The molecule has 0 radical (unpaired) electrons. The van der Waals surface area contributed by atoms with E-state index in [0.717, 1.165) is 4.31 Å². The van der Waals surface area contributed by atoms with Gasteiger partial charge in [0, 0.05) is 31.7 Å². The maximum atomic E-state index is 14.0. The molecule has 7 nitrogen and oxygen atoms in total. The number of benzene rings is 1. The molecule has 1 heterocycles. The molecule has 23 heavy (non-hydrogen) atoms. The molecule has 1 aromatic carbocycles. The van der Waals surface area contributed by atoms with Crippen LogP contribution in [0.2, 0.25) is 0 Å². The summed E-state index contributed by atoms with van der Waals surface area (Å²) < 4.78 is 37.8. The topological polar surface area (TPSA) is 86.9 Å². The Morgan fingerprint density at radius 1 is 1.22 bits per heavy atom. The van der Waals surface area contributed by atoms with Crippen LogP contribution in [0.1, 0.15) is 11.6 Å². The molecule has 0 unspecified atom stereocenters. The molecule has 1 fully saturated rings. The van der Waals surface area contributed by atoms with Crippen LogP contribution in [0.4, 0.5) is 4.39 Å². The molecule has 0 aromatic heterocycles. The lowest BCUT2D eigenvalue weighted by molar-refractivity contribution is -0.137. The van der Waals surface area contributed by atoms with Crippen LogP contribution in [0.3, 0.4) is 0 Å². The molecule has 2 rings (SSSR count). The number of halogens is 1. The van der Waals surface area contributed by atoms with Crippen LogP contribution in [-0.2, 0) is 15.0 Å². The highest BCUT2D eigenvalue weighted by atomic mass is 32.2. The van der Waals surface area contributed by atoms with Crippen LogP contribution >= 0.6 is 0 Å². The molecule has 0 spiro atoms. The number of nitrogens with zero attached hydrogens (tertiary/aromatic N) is 3. The van der Waals surface area contributed by atoms with Crippen LogP contribution in [0, 0.1) is 5.82 Å². The first-order chi connectivity index (χ1) is 10.7. The van der Waals surface area contributed by atoms with Crippen molar-refractivity contribution in [1.82, 2.24) is 14.1 Å². The average molecular weight is 344 g/mol. The molecule has 1 aliphatic rings. The van der Waals surface area contributed by atoms with E-state index in [1.165, 1.54) is 6.07 Å². The van der Waals surface area contributed by atoms with Gasteiger partial charge in [0.05, 0.1) is 0 Å². The third-order valence-electron chi connectivity index (χ3n) is 3.86. The van der Waals surface area contributed by atoms with Gasteiger partial charge in [0.2, 0.25) is 5.91 Å². The second kappa shape index (κ2) is 6.91. The van der Waals surface area contributed by atoms with E-state index in [2.05, 4.69) is 0 Å².